The first kappa shape index (κ1) is 22.3. The molecule has 2 aromatic carbocycles. The monoisotopic (exact) mass is 440 g/mol. The summed E-state index contributed by atoms with van der Waals surface area (Å²) >= 11 is 5.31. The number of benzene rings is 2. The van der Waals surface area contributed by atoms with Gasteiger partial charge in [-0.15, -0.1) is 0 Å². The highest BCUT2D eigenvalue weighted by Gasteiger charge is 2.62. The molecule has 30 heavy (non-hydrogen) atoms. The Morgan fingerprint density at radius 2 is 1.80 bits per heavy atom. The Bertz CT molecular complexity index is 981. The Hall–Kier alpha value is -2.34. The number of hydrogen-bond donors (Lipinski definition) is 0. The van der Waals surface area contributed by atoms with Gasteiger partial charge in [-0.2, -0.15) is 13.2 Å². The summed E-state index contributed by atoms with van der Waals surface area (Å²) in [7, 11) is 0. The summed E-state index contributed by atoms with van der Waals surface area (Å²) in [4.78, 5) is 12.5. The van der Waals surface area contributed by atoms with Crippen molar-refractivity contribution in [3.63, 3.8) is 0 Å². The number of alkyl halides is 3. The summed E-state index contributed by atoms with van der Waals surface area (Å²) in [5.41, 5.74) is 1.87. The number of carbonyl (C=O) groups is 1. The zero-order valence-electron chi connectivity index (χ0n) is 16.7. The van der Waals surface area contributed by atoms with Crippen LogP contribution in [-0.4, -0.2) is 12.1 Å². The number of halogens is 5. The fraction of sp³-hybridized carbons (Fsp3) is 0.348. The average Bonchev–Trinajstić information content (AvgIpc) is 3.21. The quantitative estimate of drug-likeness (QED) is 0.377. The molecule has 0 aromatic heterocycles. The molecule has 3 rings (SSSR count). The molecule has 1 aliphatic carbocycles. The van der Waals surface area contributed by atoms with Crippen LogP contribution in [-0.2, 0) is 16.1 Å². The van der Waals surface area contributed by atoms with Crippen molar-refractivity contribution in [1.29, 1.82) is 0 Å². The molecule has 0 unspecified atom stereocenters. The second kappa shape index (κ2) is 8.06. The van der Waals surface area contributed by atoms with Crippen molar-refractivity contribution >= 4 is 17.6 Å². The highest BCUT2D eigenvalue weighted by molar-refractivity contribution is 6.30. The van der Waals surface area contributed by atoms with Crippen molar-refractivity contribution in [3.8, 4) is 11.1 Å². The molecule has 0 radical (unpaired) electrons. The summed E-state index contributed by atoms with van der Waals surface area (Å²) in [5.74, 6) is -2.64. The van der Waals surface area contributed by atoms with Gasteiger partial charge in [-0.1, -0.05) is 67.9 Å². The van der Waals surface area contributed by atoms with Crippen LogP contribution in [0.1, 0.15) is 25.0 Å². The fourth-order valence-electron chi connectivity index (χ4n) is 3.76. The predicted octanol–water partition coefficient (Wildman–Crippen LogP) is 6.80. The summed E-state index contributed by atoms with van der Waals surface area (Å²) < 4.78 is 57.8. The Morgan fingerprint density at radius 1 is 1.17 bits per heavy atom. The van der Waals surface area contributed by atoms with Crippen LogP contribution in [0.15, 0.2) is 53.6 Å². The van der Waals surface area contributed by atoms with Gasteiger partial charge in [-0.25, -0.2) is 4.39 Å². The van der Waals surface area contributed by atoms with Crippen LogP contribution in [0.2, 0.25) is 0 Å². The molecule has 2 aromatic rings. The van der Waals surface area contributed by atoms with E-state index in [-0.39, 0.29) is 12.2 Å². The van der Waals surface area contributed by atoms with E-state index in [4.69, 9.17) is 16.3 Å². The zero-order valence-corrected chi connectivity index (χ0v) is 17.4. The lowest BCUT2D eigenvalue weighted by molar-refractivity contribution is -0.147. The number of carbonyl (C=O) groups excluding carboxylic acids is 1. The van der Waals surface area contributed by atoms with Gasteiger partial charge in [0.1, 0.15) is 17.5 Å². The lowest BCUT2D eigenvalue weighted by atomic mass is 9.96. The van der Waals surface area contributed by atoms with Gasteiger partial charge in [-0.05, 0) is 41.0 Å². The summed E-state index contributed by atoms with van der Waals surface area (Å²) in [6.07, 6.45) is -3.80. The maximum absolute atomic E-state index is 14.4. The lowest BCUT2D eigenvalue weighted by Gasteiger charge is -2.13. The smallest absolute Gasteiger partial charge is 0.426 e. The number of allylic oxidation sites excluding steroid dienone is 2. The Morgan fingerprint density at radius 3 is 2.40 bits per heavy atom. The van der Waals surface area contributed by atoms with E-state index in [9.17, 15) is 22.4 Å². The molecule has 0 amide bonds. The summed E-state index contributed by atoms with van der Waals surface area (Å²) in [6, 6.07) is 12.4. The highest BCUT2D eigenvalue weighted by atomic mass is 35.5. The SMILES string of the molecule is Cc1c(-c2ccccc2)ccc(F)c1COC(=O)[C@@H]1[C@H](/C=C(\Cl)C(F)(F)F)C1(C)C. The molecule has 0 spiro atoms. The molecule has 0 heterocycles. The minimum absolute atomic E-state index is 0.239. The first-order chi connectivity index (χ1) is 13.9. The van der Waals surface area contributed by atoms with Crippen LogP contribution in [0.4, 0.5) is 17.6 Å². The molecule has 1 fully saturated rings. The molecule has 2 atom stereocenters. The first-order valence-corrected chi connectivity index (χ1v) is 9.77. The zero-order chi connectivity index (χ0) is 22.3. The Kier molecular flexibility index (Phi) is 6.01. The molecular formula is C23H21ClF4O2. The molecule has 0 saturated heterocycles. The highest BCUT2D eigenvalue weighted by Crippen LogP contribution is 2.60. The third kappa shape index (κ3) is 4.38. The number of ether oxygens (including phenoxy) is 1. The van der Waals surface area contributed by atoms with Gasteiger partial charge < -0.3 is 4.74 Å². The van der Waals surface area contributed by atoms with Gasteiger partial charge in [0, 0.05) is 5.56 Å². The number of esters is 1. The van der Waals surface area contributed by atoms with Crippen LogP contribution in [0.5, 0.6) is 0 Å². The summed E-state index contributed by atoms with van der Waals surface area (Å²) in [6.45, 7) is 4.78. The van der Waals surface area contributed by atoms with Crippen molar-refractivity contribution in [1.82, 2.24) is 0 Å². The Labute approximate surface area is 177 Å². The molecular weight excluding hydrogens is 420 g/mol. The van der Waals surface area contributed by atoms with Crippen LogP contribution in [0.3, 0.4) is 0 Å². The van der Waals surface area contributed by atoms with Crippen molar-refractivity contribution in [2.45, 2.75) is 33.6 Å². The molecule has 0 N–H and O–H groups in total. The third-order valence-corrected chi connectivity index (χ3v) is 6.09. The van der Waals surface area contributed by atoms with E-state index < -0.39 is 40.2 Å². The standard InChI is InChI=1S/C23H21ClF4O2/c1-13-15(14-7-5-4-6-8-14)9-10-18(25)16(13)12-30-21(29)20-17(22(20,2)3)11-19(24)23(26,27)28/h4-11,17,20H,12H2,1-3H3/b19-11-/t17-,20-/m0/s1. The van der Waals surface area contributed by atoms with Gasteiger partial charge in [0.05, 0.1) is 5.92 Å². The normalized spacial score (nSPS) is 20.7. The van der Waals surface area contributed by atoms with Crippen LogP contribution in [0.25, 0.3) is 11.1 Å². The maximum atomic E-state index is 14.4. The molecule has 160 valence electrons. The molecule has 1 saturated carbocycles. The van der Waals surface area contributed by atoms with E-state index in [1.165, 1.54) is 6.07 Å². The van der Waals surface area contributed by atoms with E-state index >= 15 is 0 Å². The van der Waals surface area contributed by atoms with Crippen LogP contribution in [0, 0.1) is 30.0 Å². The van der Waals surface area contributed by atoms with E-state index in [0.717, 1.165) is 17.2 Å². The van der Waals surface area contributed by atoms with Crippen LogP contribution >= 0.6 is 11.6 Å². The van der Waals surface area contributed by atoms with Gasteiger partial charge >= 0.3 is 12.1 Å². The molecule has 0 bridgehead atoms. The molecule has 1 aliphatic rings. The van der Waals surface area contributed by atoms with Gasteiger partial charge in [0.25, 0.3) is 0 Å². The van der Waals surface area contributed by atoms with E-state index in [1.807, 2.05) is 30.3 Å². The van der Waals surface area contributed by atoms with Crippen molar-refractivity contribution < 1.29 is 27.1 Å². The van der Waals surface area contributed by atoms with Crippen molar-refractivity contribution in [3.05, 3.63) is 70.5 Å². The van der Waals surface area contributed by atoms with Gasteiger partial charge in [-0.3, -0.25) is 4.79 Å². The lowest BCUT2D eigenvalue weighted by Crippen LogP contribution is -2.12. The second-order valence-electron chi connectivity index (χ2n) is 8.01. The largest absolute Gasteiger partial charge is 0.460 e. The minimum Gasteiger partial charge on any atom is -0.460 e. The third-order valence-electron chi connectivity index (χ3n) is 5.75. The molecule has 2 nitrogen and oxygen atoms in total. The van der Waals surface area contributed by atoms with Gasteiger partial charge in [0.2, 0.25) is 0 Å². The van der Waals surface area contributed by atoms with E-state index in [0.29, 0.717) is 5.56 Å². The van der Waals surface area contributed by atoms with E-state index in [2.05, 4.69) is 0 Å². The summed E-state index contributed by atoms with van der Waals surface area (Å²) in [5, 5.41) is -1.26. The maximum Gasteiger partial charge on any atom is 0.426 e. The number of rotatable bonds is 5. The average molecular weight is 441 g/mol. The first-order valence-electron chi connectivity index (χ1n) is 9.39. The number of hydrogen-bond acceptors (Lipinski definition) is 2. The second-order valence-corrected chi connectivity index (χ2v) is 8.42. The van der Waals surface area contributed by atoms with Crippen molar-refractivity contribution in [2.24, 2.45) is 17.3 Å². The molecule has 0 aliphatic heterocycles. The van der Waals surface area contributed by atoms with Gasteiger partial charge in [0.15, 0.2) is 0 Å². The Balaban J connectivity index is 1.76. The minimum atomic E-state index is -4.66. The molecule has 7 heteroatoms. The van der Waals surface area contributed by atoms with Crippen molar-refractivity contribution in [2.75, 3.05) is 0 Å². The fourth-order valence-corrected chi connectivity index (χ4v) is 3.89. The topological polar surface area (TPSA) is 26.3 Å². The van der Waals surface area contributed by atoms with E-state index in [1.54, 1.807) is 26.8 Å². The van der Waals surface area contributed by atoms with Crippen LogP contribution < -0.4 is 0 Å². The predicted molar refractivity (Wildman–Crippen MR) is 107 cm³/mol.